The van der Waals surface area contributed by atoms with E-state index < -0.39 is 23.9 Å². The van der Waals surface area contributed by atoms with Crippen molar-refractivity contribution in [1.82, 2.24) is 10.3 Å². The van der Waals surface area contributed by atoms with Gasteiger partial charge in [-0.05, 0) is 38.8 Å². The molecule has 2 rings (SSSR count). The van der Waals surface area contributed by atoms with Gasteiger partial charge in [-0.15, -0.1) is 0 Å². The Hall–Kier alpha value is -3.09. The summed E-state index contributed by atoms with van der Waals surface area (Å²) in [5.41, 5.74) is 3.44. The first-order valence-electron chi connectivity index (χ1n) is 8.56. The second-order valence-corrected chi connectivity index (χ2v) is 6.37. The summed E-state index contributed by atoms with van der Waals surface area (Å²) in [7, 11) is 1.27. The average molecular weight is 372 g/mol. The molecule has 1 unspecified atom stereocenters. The van der Waals surface area contributed by atoms with E-state index in [2.05, 4.69) is 10.3 Å². The quantitative estimate of drug-likeness (QED) is 0.760. The number of amides is 1. The minimum absolute atomic E-state index is 0.131. The van der Waals surface area contributed by atoms with Gasteiger partial charge in [-0.2, -0.15) is 0 Å². The molecule has 1 amide bonds. The first kappa shape index (κ1) is 20.2. The van der Waals surface area contributed by atoms with Crippen LogP contribution in [0.5, 0.6) is 0 Å². The highest BCUT2D eigenvalue weighted by Crippen LogP contribution is 2.20. The number of ether oxygens (including phenoxy) is 2. The van der Waals surface area contributed by atoms with Gasteiger partial charge in [-0.1, -0.05) is 29.8 Å². The van der Waals surface area contributed by atoms with E-state index in [1.54, 1.807) is 13.8 Å². The molecule has 0 aliphatic heterocycles. The second-order valence-electron chi connectivity index (χ2n) is 6.37. The van der Waals surface area contributed by atoms with Crippen LogP contribution in [0.4, 0.5) is 0 Å². The summed E-state index contributed by atoms with van der Waals surface area (Å²) in [4.78, 5) is 39.2. The van der Waals surface area contributed by atoms with Gasteiger partial charge in [-0.25, -0.2) is 9.59 Å². The smallest absolute Gasteiger partial charge is 0.355 e. The van der Waals surface area contributed by atoms with Gasteiger partial charge in [0.15, 0.2) is 6.10 Å². The van der Waals surface area contributed by atoms with Gasteiger partial charge < -0.3 is 19.8 Å². The van der Waals surface area contributed by atoms with Crippen LogP contribution in [0, 0.1) is 20.8 Å². The van der Waals surface area contributed by atoms with E-state index in [1.807, 2.05) is 31.2 Å². The van der Waals surface area contributed by atoms with Crippen molar-refractivity contribution in [3.63, 3.8) is 0 Å². The fraction of sp³-hybridized carbons (Fsp3) is 0.350. The molecule has 0 saturated carbocycles. The van der Waals surface area contributed by atoms with Crippen LogP contribution >= 0.6 is 0 Å². The first-order chi connectivity index (χ1) is 12.7. The van der Waals surface area contributed by atoms with E-state index in [1.165, 1.54) is 14.0 Å². The molecule has 0 saturated heterocycles. The van der Waals surface area contributed by atoms with E-state index >= 15 is 0 Å². The summed E-state index contributed by atoms with van der Waals surface area (Å²) in [6, 6.07) is 7.76. The van der Waals surface area contributed by atoms with E-state index in [4.69, 9.17) is 9.47 Å². The number of carbonyl (C=O) groups excluding carboxylic acids is 3. The molecular weight excluding hydrogens is 348 g/mol. The molecule has 144 valence electrons. The normalized spacial score (nSPS) is 11.6. The molecule has 0 aliphatic rings. The largest absolute Gasteiger partial charge is 0.465 e. The molecule has 7 nitrogen and oxygen atoms in total. The van der Waals surface area contributed by atoms with Crippen molar-refractivity contribution < 1.29 is 23.9 Å². The Labute approximate surface area is 158 Å². The number of carbonyl (C=O) groups is 3. The number of nitrogens with one attached hydrogen (secondary N) is 2. The zero-order valence-corrected chi connectivity index (χ0v) is 16.1. The molecule has 1 aromatic carbocycles. The summed E-state index contributed by atoms with van der Waals surface area (Å²) in [6.45, 7) is 7.10. The second kappa shape index (κ2) is 8.53. The number of methoxy groups -OCH3 is 1. The number of esters is 2. The van der Waals surface area contributed by atoms with Crippen LogP contribution in [0.3, 0.4) is 0 Å². The minimum atomic E-state index is -0.979. The highest BCUT2D eigenvalue weighted by molar-refractivity contribution is 5.99. The molecule has 2 N–H and O–H groups in total. The van der Waals surface area contributed by atoms with Crippen molar-refractivity contribution >= 4 is 17.8 Å². The third-order valence-electron chi connectivity index (χ3n) is 4.27. The highest BCUT2D eigenvalue weighted by Gasteiger charge is 2.26. The topological polar surface area (TPSA) is 97.5 Å². The van der Waals surface area contributed by atoms with Gasteiger partial charge in [0.2, 0.25) is 0 Å². The van der Waals surface area contributed by atoms with Crippen LogP contribution < -0.4 is 5.32 Å². The van der Waals surface area contributed by atoms with Gasteiger partial charge in [-0.3, -0.25) is 4.79 Å². The average Bonchev–Trinajstić information content (AvgIpc) is 2.94. The van der Waals surface area contributed by atoms with E-state index in [0.29, 0.717) is 23.4 Å². The molecule has 0 radical (unpaired) electrons. The monoisotopic (exact) mass is 372 g/mol. The molecule has 0 aliphatic carbocycles. The van der Waals surface area contributed by atoms with E-state index in [-0.39, 0.29) is 5.69 Å². The SMILES string of the molecule is COC(=O)c1c(C)[nH]c(C(=O)OC(C)C(=O)NCc2ccc(C)cc2)c1C. The summed E-state index contributed by atoms with van der Waals surface area (Å²) in [5.74, 6) is -1.65. The number of aromatic amines is 1. The van der Waals surface area contributed by atoms with Gasteiger partial charge in [0.1, 0.15) is 5.69 Å². The van der Waals surface area contributed by atoms with Crippen LogP contribution in [0.1, 0.15) is 50.2 Å². The van der Waals surface area contributed by atoms with Crippen LogP contribution in [0.15, 0.2) is 24.3 Å². The fourth-order valence-electron chi connectivity index (χ4n) is 2.67. The van der Waals surface area contributed by atoms with Gasteiger partial charge in [0.25, 0.3) is 5.91 Å². The maximum Gasteiger partial charge on any atom is 0.355 e. The Morgan fingerprint density at radius 1 is 1.07 bits per heavy atom. The molecule has 1 aromatic heterocycles. The van der Waals surface area contributed by atoms with Crippen molar-refractivity contribution in [1.29, 1.82) is 0 Å². The molecule has 7 heteroatoms. The Balaban J connectivity index is 1.99. The molecule has 1 atom stereocenters. The number of benzene rings is 1. The molecule has 1 heterocycles. The zero-order valence-electron chi connectivity index (χ0n) is 16.1. The molecule has 2 aromatic rings. The predicted octanol–water partition coefficient (Wildman–Crippen LogP) is 2.59. The summed E-state index contributed by atoms with van der Waals surface area (Å²) in [6.07, 6.45) is -0.979. The van der Waals surface area contributed by atoms with Gasteiger partial charge in [0, 0.05) is 12.2 Å². The molecule has 0 spiro atoms. The lowest BCUT2D eigenvalue weighted by molar-refractivity contribution is -0.129. The number of aromatic nitrogens is 1. The number of aryl methyl sites for hydroxylation is 2. The number of hydrogen-bond donors (Lipinski definition) is 2. The Morgan fingerprint density at radius 2 is 1.70 bits per heavy atom. The minimum Gasteiger partial charge on any atom is -0.465 e. The van der Waals surface area contributed by atoms with Crippen molar-refractivity contribution in [2.45, 2.75) is 40.3 Å². The third-order valence-corrected chi connectivity index (χ3v) is 4.27. The Morgan fingerprint density at radius 3 is 2.30 bits per heavy atom. The molecule has 0 fully saturated rings. The third kappa shape index (κ3) is 4.75. The summed E-state index contributed by atoms with van der Waals surface area (Å²) in [5, 5.41) is 2.73. The van der Waals surface area contributed by atoms with E-state index in [9.17, 15) is 14.4 Å². The van der Waals surface area contributed by atoms with Gasteiger partial charge in [0.05, 0.1) is 12.7 Å². The Kier molecular flexibility index (Phi) is 6.39. The van der Waals surface area contributed by atoms with Crippen molar-refractivity contribution in [2.75, 3.05) is 7.11 Å². The lowest BCUT2D eigenvalue weighted by Crippen LogP contribution is -2.35. The van der Waals surface area contributed by atoms with Crippen LogP contribution in [0.2, 0.25) is 0 Å². The number of rotatable bonds is 6. The maximum absolute atomic E-state index is 12.4. The fourth-order valence-corrected chi connectivity index (χ4v) is 2.67. The van der Waals surface area contributed by atoms with Crippen molar-refractivity contribution in [3.05, 3.63) is 57.9 Å². The van der Waals surface area contributed by atoms with Gasteiger partial charge >= 0.3 is 11.9 Å². The van der Waals surface area contributed by atoms with Crippen LogP contribution in [-0.4, -0.2) is 36.0 Å². The first-order valence-corrected chi connectivity index (χ1v) is 8.56. The van der Waals surface area contributed by atoms with Crippen molar-refractivity contribution in [3.8, 4) is 0 Å². The lowest BCUT2D eigenvalue weighted by atomic mass is 10.1. The van der Waals surface area contributed by atoms with Crippen LogP contribution in [-0.2, 0) is 20.8 Å². The summed E-state index contributed by atoms with van der Waals surface area (Å²) < 4.78 is 9.95. The highest BCUT2D eigenvalue weighted by atomic mass is 16.5. The molecular formula is C20H24N2O5. The van der Waals surface area contributed by atoms with E-state index in [0.717, 1.165) is 11.1 Å². The number of H-pyrrole nitrogens is 1. The molecule has 27 heavy (non-hydrogen) atoms. The molecule has 0 bridgehead atoms. The maximum atomic E-state index is 12.4. The number of hydrogen-bond acceptors (Lipinski definition) is 5. The lowest BCUT2D eigenvalue weighted by Gasteiger charge is -2.13. The Bertz CT molecular complexity index is 852. The zero-order chi connectivity index (χ0) is 20.1. The van der Waals surface area contributed by atoms with Crippen molar-refractivity contribution in [2.24, 2.45) is 0 Å². The standard InChI is InChI=1S/C20H24N2O5/c1-11-6-8-15(9-7-11)10-21-18(23)14(4)27-20(25)17-12(2)16(13(3)22-17)19(24)26-5/h6-9,14,22H,10H2,1-5H3,(H,21,23). The van der Waals surface area contributed by atoms with Crippen LogP contribution in [0.25, 0.3) is 0 Å². The summed E-state index contributed by atoms with van der Waals surface area (Å²) >= 11 is 0. The predicted molar refractivity (Wildman–Crippen MR) is 99.5 cm³/mol.